The Bertz CT molecular complexity index is 2370. The highest BCUT2D eigenvalue weighted by atomic mass is 32.1. The van der Waals surface area contributed by atoms with Crippen LogP contribution in [0.5, 0.6) is 0 Å². The van der Waals surface area contributed by atoms with Gasteiger partial charge in [0, 0.05) is 41.8 Å². The second kappa shape index (κ2) is 11.9. The SMILES string of the molecule is C1=C(c2ccccc2)CCc2c1c1cc(-c3ccc(-c4ccccc4)s3)ccc1n2-c1ccc(-c2ccc(-c3ccccc3)s2)cc1. The van der Waals surface area contributed by atoms with E-state index in [9.17, 15) is 0 Å². The summed E-state index contributed by atoms with van der Waals surface area (Å²) in [5, 5.41) is 1.31. The molecule has 0 saturated heterocycles. The van der Waals surface area contributed by atoms with Crippen LogP contribution in [0.3, 0.4) is 0 Å². The van der Waals surface area contributed by atoms with Gasteiger partial charge in [-0.1, -0.05) is 109 Å². The average molecular weight is 638 g/mol. The fraction of sp³-hybridized carbons (Fsp3) is 0.0455. The van der Waals surface area contributed by atoms with E-state index in [1.807, 2.05) is 22.7 Å². The molecule has 1 aliphatic carbocycles. The third-order valence-electron chi connectivity index (χ3n) is 9.23. The second-order valence-corrected chi connectivity index (χ2v) is 14.2. The minimum atomic E-state index is 1.00. The third-order valence-corrected chi connectivity index (χ3v) is 11.6. The molecule has 8 aromatic rings. The number of nitrogens with zero attached hydrogens (tertiary/aromatic N) is 1. The summed E-state index contributed by atoms with van der Waals surface area (Å²) in [6, 6.07) is 57.4. The van der Waals surface area contributed by atoms with E-state index in [2.05, 4.69) is 168 Å². The van der Waals surface area contributed by atoms with E-state index in [-0.39, 0.29) is 0 Å². The summed E-state index contributed by atoms with van der Waals surface area (Å²) in [6.45, 7) is 0. The highest BCUT2D eigenvalue weighted by molar-refractivity contribution is 7.19. The average Bonchev–Trinajstić information content (AvgIpc) is 3.91. The minimum absolute atomic E-state index is 1.00. The maximum absolute atomic E-state index is 2.50. The van der Waals surface area contributed by atoms with Crippen LogP contribution < -0.4 is 0 Å². The maximum Gasteiger partial charge on any atom is 0.0538 e. The molecule has 0 saturated carbocycles. The highest BCUT2D eigenvalue weighted by Gasteiger charge is 2.22. The van der Waals surface area contributed by atoms with Gasteiger partial charge in [-0.25, -0.2) is 0 Å². The first-order chi connectivity index (χ1) is 23.3. The van der Waals surface area contributed by atoms with Crippen LogP contribution in [0, 0.1) is 0 Å². The Balaban J connectivity index is 1.14. The Kier molecular flexibility index (Phi) is 7.07. The molecule has 0 aliphatic heterocycles. The first-order valence-electron chi connectivity index (χ1n) is 16.1. The van der Waals surface area contributed by atoms with Crippen LogP contribution in [0.25, 0.3) is 70.0 Å². The molecule has 3 aromatic heterocycles. The summed E-state index contributed by atoms with van der Waals surface area (Å²) in [4.78, 5) is 5.19. The van der Waals surface area contributed by atoms with E-state index in [1.165, 1.54) is 80.7 Å². The number of allylic oxidation sites excluding steroid dienone is 1. The van der Waals surface area contributed by atoms with Crippen molar-refractivity contribution in [3.05, 3.63) is 175 Å². The number of hydrogen-bond donors (Lipinski definition) is 0. The molecule has 5 aromatic carbocycles. The van der Waals surface area contributed by atoms with Gasteiger partial charge >= 0.3 is 0 Å². The summed E-state index contributed by atoms with van der Waals surface area (Å²) < 4.78 is 2.50. The lowest BCUT2D eigenvalue weighted by molar-refractivity contribution is 0.898. The zero-order valence-electron chi connectivity index (χ0n) is 25.8. The second-order valence-electron chi connectivity index (χ2n) is 12.1. The van der Waals surface area contributed by atoms with Crippen LogP contribution >= 0.6 is 22.7 Å². The Morgan fingerprint density at radius 2 is 0.915 bits per heavy atom. The first kappa shape index (κ1) is 28.0. The first-order valence-corrected chi connectivity index (χ1v) is 17.8. The quantitative estimate of drug-likeness (QED) is 0.171. The summed E-state index contributed by atoms with van der Waals surface area (Å²) in [6.07, 6.45) is 4.48. The lowest BCUT2D eigenvalue weighted by Crippen LogP contribution is -2.05. The summed E-state index contributed by atoms with van der Waals surface area (Å²) in [7, 11) is 0. The Hall–Kier alpha value is -5.22. The van der Waals surface area contributed by atoms with Crippen LogP contribution in [0.1, 0.15) is 23.2 Å². The normalized spacial score (nSPS) is 12.6. The summed E-state index contributed by atoms with van der Waals surface area (Å²) in [5.74, 6) is 0. The van der Waals surface area contributed by atoms with Gasteiger partial charge in [0.25, 0.3) is 0 Å². The monoisotopic (exact) mass is 637 g/mol. The van der Waals surface area contributed by atoms with Gasteiger partial charge in [0.05, 0.1) is 5.52 Å². The smallest absolute Gasteiger partial charge is 0.0538 e. The minimum Gasteiger partial charge on any atom is -0.313 e. The molecule has 3 heteroatoms. The largest absolute Gasteiger partial charge is 0.313 e. The third kappa shape index (κ3) is 5.18. The maximum atomic E-state index is 2.50. The van der Waals surface area contributed by atoms with Crippen molar-refractivity contribution >= 4 is 45.2 Å². The van der Waals surface area contributed by atoms with Crippen molar-refractivity contribution in [3.8, 4) is 47.4 Å². The molecule has 1 aliphatic rings. The van der Waals surface area contributed by atoms with Crippen LogP contribution in [0.4, 0.5) is 0 Å². The molecule has 0 N–H and O–H groups in total. The van der Waals surface area contributed by atoms with Crippen LogP contribution in [0.15, 0.2) is 158 Å². The molecule has 224 valence electrons. The highest BCUT2D eigenvalue weighted by Crippen LogP contribution is 2.42. The molecule has 9 rings (SSSR count). The van der Waals surface area contributed by atoms with Crippen LogP contribution in [-0.4, -0.2) is 4.57 Å². The van der Waals surface area contributed by atoms with Crippen molar-refractivity contribution in [3.63, 3.8) is 0 Å². The molecule has 0 bridgehead atoms. The summed E-state index contributed by atoms with van der Waals surface area (Å²) >= 11 is 3.72. The molecule has 0 spiro atoms. The van der Waals surface area contributed by atoms with Crippen molar-refractivity contribution in [1.82, 2.24) is 4.57 Å². The Morgan fingerprint density at radius 3 is 1.49 bits per heavy atom. The molecule has 47 heavy (non-hydrogen) atoms. The van der Waals surface area contributed by atoms with Crippen LogP contribution in [-0.2, 0) is 6.42 Å². The lowest BCUT2D eigenvalue weighted by Gasteiger charge is -2.18. The van der Waals surface area contributed by atoms with Gasteiger partial charge in [0.2, 0.25) is 0 Å². The molecule has 0 unspecified atom stereocenters. The number of thiophene rings is 2. The van der Waals surface area contributed by atoms with Gasteiger partial charge in [-0.2, -0.15) is 0 Å². The van der Waals surface area contributed by atoms with E-state index in [0.29, 0.717) is 0 Å². The molecule has 0 fully saturated rings. The Labute approximate surface area is 283 Å². The number of rotatable bonds is 6. The fourth-order valence-corrected chi connectivity index (χ4v) is 8.90. The predicted octanol–water partition coefficient (Wildman–Crippen LogP) is 12.9. The van der Waals surface area contributed by atoms with Gasteiger partial charge in [-0.15, -0.1) is 22.7 Å². The number of hydrogen-bond acceptors (Lipinski definition) is 2. The molecule has 3 heterocycles. The van der Waals surface area contributed by atoms with E-state index >= 15 is 0 Å². The molecule has 0 radical (unpaired) electrons. The van der Waals surface area contributed by atoms with Gasteiger partial charge in [0.1, 0.15) is 0 Å². The van der Waals surface area contributed by atoms with Gasteiger partial charge in [-0.3, -0.25) is 0 Å². The molecular weight excluding hydrogens is 607 g/mol. The number of benzene rings is 5. The number of aromatic nitrogens is 1. The van der Waals surface area contributed by atoms with Crippen LogP contribution in [0.2, 0.25) is 0 Å². The van der Waals surface area contributed by atoms with E-state index in [1.54, 1.807) is 0 Å². The zero-order chi connectivity index (χ0) is 31.2. The van der Waals surface area contributed by atoms with E-state index in [0.717, 1.165) is 12.8 Å². The van der Waals surface area contributed by atoms with Crippen molar-refractivity contribution in [1.29, 1.82) is 0 Å². The van der Waals surface area contributed by atoms with Crippen molar-refractivity contribution < 1.29 is 0 Å². The van der Waals surface area contributed by atoms with Crippen molar-refractivity contribution in [2.75, 3.05) is 0 Å². The molecular formula is C44H31NS2. The van der Waals surface area contributed by atoms with E-state index in [4.69, 9.17) is 0 Å². The molecule has 0 amide bonds. The standard InChI is InChI=1S/C44H31NS2/c1-4-10-30(11-5-1)34-18-22-39-37(28-34)38-29-35(44-27-26-42(47-44)32-14-8-3-9-15-32)19-23-40(38)45(39)36-20-16-33(17-21-36)43-25-24-41(46-43)31-12-6-2-7-13-31/h1-17,19-21,23-29H,18,22H2. The lowest BCUT2D eigenvalue weighted by atomic mass is 9.91. The van der Waals surface area contributed by atoms with Crippen molar-refractivity contribution in [2.24, 2.45) is 0 Å². The molecule has 0 atom stereocenters. The van der Waals surface area contributed by atoms with Gasteiger partial charge < -0.3 is 4.57 Å². The van der Waals surface area contributed by atoms with E-state index < -0.39 is 0 Å². The Morgan fingerprint density at radius 1 is 0.426 bits per heavy atom. The van der Waals surface area contributed by atoms with Crippen molar-refractivity contribution in [2.45, 2.75) is 12.8 Å². The fourth-order valence-electron chi connectivity index (χ4n) is 6.88. The van der Waals surface area contributed by atoms with Gasteiger partial charge in [0.15, 0.2) is 0 Å². The summed E-state index contributed by atoms with van der Waals surface area (Å²) in [5.41, 5.74) is 13.0. The zero-order valence-corrected chi connectivity index (χ0v) is 27.4. The van der Waals surface area contributed by atoms with Gasteiger partial charge in [-0.05, 0) is 101 Å². The number of fused-ring (bicyclic) bond motifs is 3. The molecule has 1 nitrogen and oxygen atoms in total. The predicted molar refractivity (Wildman–Crippen MR) is 203 cm³/mol. The topological polar surface area (TPSA) is 4.93 Å².